The molecule has 142 valence electrons. The van der Waals surface area contributed by atoms with Crippen LogP contribution in [-0.4, -0.2) is 33.0 Å². The third-order valence-electron chi connectivity index (χ3n) is 3.10. The average molecular weight is 400 g/mol. The van der Waals surface area contributed by atoms with Crippen molar-refractivity contribution in [3.63, 3.8) is 0 Å². The molecule has 0 radical (unpaired) electrons. The van der Waals surface area contributed by atoms with Crippen LogP contribution in [0.5, 0.6) is 5.75 Å². The highest BCUT2D eigenvalue weighted by Gasteiger charge is 2.17. The second-order valence-electron chi connectivity index (χ2n) is 5.28. The maximum atomic E-state index is 12.0. The Balaban J connectivity index is 3.04. The standard InChI is InChI=1S/C17H22ClN3O4S/c1-4-6-9-20-12(3)10-16(22)21-17(19)14-11-13(26(18,23)24)7-8-15(14)25-5-2/h7-11H,4-6H2,1-3H3,(H2,19,21,22)/b12-10+,20-9+. The fraction of sp³-hybridized carbons (Fsp3) is 0.353. The third-order valence-corrected chi connectivity index (χ3v) is 4.45. The van der Waals surface area contributed by atoms with Crippen LogP contribution in [0.2, 0.25) is 0 Å². The second kappa shape index (κ2) is 10.1. The average Bonchev–Trinajstić information content (AvgIpc) is 2.54. The Labute approximate surface area is 158 Å². The molecule has 0 atom stereocenters. The molecular formula is C17H22ClN3O4S. The molecule has 0 aliphatic heterocycles. The minimum Gasteiger partial charge on any atom is -0.493 e. The van der Waals surface area contributed by atoms with Gasteiger partial charge in [0.1, 0.15) is 11.6 Å². The number of nitrogens with zero attached hydrogens (tertiary/aromatic N) is 1. The maximum absolute atomic E-state index is 12.0. The van der Waals surface area contributed by atoms with Crippen LogP contribution in [0.1, 0.15) is 39.2 Å². The normalized spacial score (nSPS) is 12.2. The summed E-state index contributed by atoms with van der Waals surface area (Å²) < 4.78 is 28.4. The number of carbonyl (C=O) groups is 1. The molecule has 0 aliphatic carbocycles. The highest BCUT2D eigenvalue weighted by molar-refractivity contribution is 8.13. The van der Waals surface area contributed by atoms with Crippen LogP contribution in [0.15, 0.2) is 39.9 Å². The lowest BCUT2D eigenvalue weighted by Gasteiger charge is -2.12. The SMILES string of the molecule is CCC/C=N/C(C)=C/C(=O)NC(=N)c1cc(S(=O)(=O)Cl)ccc1OCC. The number of amidine groups is 1. The van der Waals surface area contributed by atoms with Gasteiger partial charge in [0.15, 0.2) is 0 Å². The van der Waals surface area contributed by atoms with Crippen molar-refractivity contribution >= 4 is 37.7 Å². The summed E-state index contributed by atoms with van der Waals surface area (Å²) in [7, 11) is 1.37. The Morgan fingerprint density at radius 2 is 2.08 bits per heavy atom. The first-order valence-electron chi connectivity index (χ1n) is 8.01. The van der Waals surface area contributed by atoms with Crippen LogP contribution in [0.4, 0.5) is 0 Å². The molecule has 0 aromatic heterocycles. The Bertz CT molecular complexity index is 832. The Morgan fingerprint density at radius 1 is 1.38 bits per heavy atom. The Kier molecular flexibility index (Phi) is 8.47. The molecule has 26 heavy (non-hydrogen) atoms. The number of halogens is 1. The summed E-state index contributed by atoms with van der Waals surface area (Å²) in [5, 5.41) is 10.4. The lowest BCUT2D eigenvalue weighted by atomic mass is 10.1. The Morgan fingerprint density at radius 3 is 2.65 bits per heavy atom. The first kappa shape index (κ1) is 21.9. The van der Waals surface area contributed by atoms with E-state index in [-0.39, 0.29) is 22.0 Å². The summed E-state index contributed by atoms with van der Waals surface area (Å²) in [6.07, 6.45) is 4.73. The summed E-state index contributed by atoms with van der Waals surface area (Å²) in [5.41, 5.74) is 0.605. The molecule has 1 aromatic rings. The van der Waals surface area contributed by atoms with Gasteiger partial charge in [-0.1, -0.05) is 13.3 Å². The van der Waals surface area contributed by atoms with Crippen molar-refractivity contribution in [2.45, 2.75) is 38.5 Å². The van der Waals surface area contributed by atoms with Crippen molar-refractivity contribution in [2.75, 3.05) is 6.61 Å². The number of amides is 1. The molecule has 0 spiro atoms. The van der Waals surface area contributed by atoms with E-state index in [1.807, 2.05) is 6.92 Å². The van der Waals surface area contributed by atoms with Gasteiger partial charge < -0.3 is 10.1 Å². The monoisotopic (exact) mass is 399 g/mol. The predicted octanol–water partition coefficient (Wildman–Crippen LogP) is 3.23. The molecule has 7 nitrogen and oxygen atoms in total. The van der Waals surface area contributed by atoms with Crippen LogP contribution in [-0.2, 0) is 13.8 Å². The van der Waals surface area contributed by atoms with Crippen molar-refractivity contribution in [3.8, 4) is 5.75 Å². The zero-order valence-corrected chi connectivity index (χ0v) is 16.4. The van der Waals surface area contributed by atoms with Crippen molar-refractivity contribution in [3.05, 3.63) is 35.5 Å². The molecule has 1 amide bonds. The second-order valence-corrected chi connectivity index (χ2v) is 7.85. The highest BCUT2D eigenvalue weighted by atomic mass is 35.7. The number of hydrogen-bond acceptors (Lipinski definition) is 6. The van der Waals surface area contributed by atoms with Crippen LogP contribution in [0, 0.1) is 5.41 Å². The lowest BCUT2D eigenvalue weighted by molar-refractivity contribution is -0.115. The summed E-state index contributed by atoms with van der Waals surface area (Å²) in [6.45, 7) is 5.75. The summed E-state index contributed by atoms with van der Waals surface area (Å²) in [5.74, 6) is -0.589. The minimum atomic E-state index is -3.97. The van der Waals surface area contributed by atoms with E-state index < -0.39 is 15.0 Å². The van der Waals surface area contributed by atoms with Gasteiger partial charge in [0.25, 0.3) is 15.0 Å². The van der Waals surface area contributed by atoms with E-state index in [1.165, 1.54) is 24.3 Å². The molecule has 1 aromatic carbocycles. The molecule has 1 rings (SSSR count). The molecule has 0 unspecified atom stereocenters. The summed E-state index contributed by atoms with van der Waals surface area (Å²) in [6, 6.07) is 3.86. The number of rotatable bonds is 8. The van der Waals surface area contributed by atoms with Gasteiger partial charge in [-0.05, 0) is 38.5 Å². The maximum Gasteiger partial charge on any atom is 0.261 e. The van der Waals surface area contributed by atoms with E-state index in [1.54, 1.807) is 20.1 Å². The van der Waals surface area contributed by atoms with Crippen molar-refractivity contribution in [2.24, 2.45) is 4.99 Å². The van der Waals surface area contributed by atoms with Crippen LogP contribution in [0.3, 0.4) is 0 Å². The van der Waals surface area contributed by atoms with Crippen molar-refractivity contribution in [1.82, 2.24) is 5.32 Å². The third kappa shape index (κ3) is 6.97. The van der Waals surface area contributed by atoms with Gasteiger partial charge in [-0.15, -0.1) is 0 Å². The lowest BCUT2D eigenvalue weighted by Crippen LogP contribution is -2.29. The molecule has 0 fully saturated rings. The van der Waals surface area contributed by atoms with Gasteiger partial charge in [-0.2, -0.15) is 0 Å². The first-order chi connectivity index (χ1) is 12.2. The predicted molar refractivity (Wildman–Crippen MR) is 103 cm³/mol. The van der Waals surface area contributed by atoms with Gasteiger partial charge >= 0.3 is 0 Å². The van der Waals surface area contributed by atoms with Gasteiger partial charge in [0, 0.05) is 28.7 Å². The number of ether oxygens (including phenoxy) is 1. The zero-order chi connectivity index (χ0) is 19.7. The van der Waals surface area contributed by atoms with Crippen molar-refractivity contribution in [1.29, 1.82) is 5.41 Å². The number of benzene rings is 1. The summed E-state index contributed by atoms with van der Waals surface area (Å²) >= 11 is 0. The quantitative estimate of drug-likeness (QED) is 0.302. The molecule has 0 saturated carbocycles. The zero-order valence-electron chi connectivity index (χ0n) is 14.9. The van der Waals surface area contributed by atoms with E-state index in [0.29, 0.717) is 12.3 Å². The Hall–Kier alpha value is -2.19. The number of carbonyl (C=O) groups excluding carboxylic acids is 1. The fourth-order valence-corrected chi connectivity index (χ4v) is 2.71. The number of hydrogen-bond donors (Lipinski definition) is 2. The first-order valence-corrected chi connectivity index (χ1v) is 10.3. The van der Waals surface area contributed by atoms with E-state index in [4.69, 9.17) is 20.8 Å². The molecule has 0 saturated heterocycles. The largest absolute Gasteiger partial charge is 0.493 e. The van der Waals surface area contributed by atoms with E-state index in [2.05, 4.69) is 10.3 Å². The van der Waals surface area contributed by atoms with Gasteiger partial charge in [-0.3, -0.25) is 15.2 Å². The molecule has 2 N–H and O–H groups in total. The van der Waals surface area contributed by atoms with Gasteiger partial charge in [-0.25, -0.2) is 8.42 Å². The van der Waals surface area contributed by atoms with E-state index in [0.717, 1.165) is 12.8 Å². The van der Waals surface area contributed by atoms with Gasteiger partial charge in [0.05, 0.1) is 17.1 Å². The number of nitrogens with one attached hydrogen (secondary N) is 2. The number of aliphatic imine (C=N–C) groups is 1. The van der Waals surface area contributed by atoms with Gasteiger partial charge in [0.2, 0.25) is 0 Å². The van der Waals surface area contributed by atoms with E-state index in [9.17, 15) is 13.2 Å². The molecular weight excluding hydrogens is 378 g/mol. The molecule has 0 heterocycles. The molecule has 0 aliphatic rings. The molecule has 9 heteroatoms. The number of allylic oxidation sites excluding steroid dienone is 1. The molecule has 0 bridgehead atoms. The minimum absolute atomic E-state index is 0.113. The number of unbranched alkanes of at least 4 members (excludes halogenated alkanes) is 1. The topological polar surface area (TPSA) is 109 Å². The van der Waals surface area contributed by atoms with Crippen LogP contribution in [0.25, 0.3) is 0 Å². The van der Waals surface area contributed by atoms with Crippen LogP contribution >= 0.6 is 10.7 Å². The summed E-state index contributed by atoms with van der Waals surface area (Å²) in [4.78, 5) is 16.0. The highest BCUT2D eigenvalue weighted by Crippen LogP contribution is 2.24. The smallest absolute Gasteiger partial charge is 0.261 e. The van der Waals surface area contributed by atoms with Crippen molar-refractivity contribution < 1.29 is 17.9 Å². The van der Waals surface area contributed by atoms with Crippen LogP contribution < -0.4 is 10.1 Å². The fourth-order valence-electron chi connectivity index (χ4n) is 1.93. The van der Waals surface area contributed by atoms with E-state index >= 15 is 0 Å².